The molecule has 0 saturated heterocycles. The zero-order chi connectivity index (χ0) is 22.8. The number of hydrogen-bond donors (Lipinski definition) is 3. The third-order valence-electron chi connectivity index (χ3n) is 4.75. The van der Waals surface area contributed by atoms with Crippen molar-refractivity contribution in [2.24, 2.45) is 0 Å². The van der Waals surface area contributed by atoms with Crippen LogP contribution in [0.15, 0.2) is 59.0 Å². The predicted octanol–water partition coefficient (Wildman–Crippen LogP) is 6.20. The van der Waals surface area contributed by atoms with E-state index in [1.54, 1.807) is 18.2 Å². The maximum absolute atomic E-state index is 12.4. The van der Waals surface area contributed by atoms with Crippen LogP contribution in [0.3, 0.4) is 0 Å². The Morgan fingerprint density at radius 1 is 1.12 bits per heavy atom. The first-order valence-electron chi connectivity index (χ1n) is 9.64. The lowest BCUT2D eigenvalue weighted by Crippen LogP contribution is -2.34. The van der Waals surface area contributed by atoms with Crippen molar-refractivity contribution >= 4 is 63.2 Å². The second kappa shape index (κ2) is 9.16. The third kappa shape index (κ3) is 4.70. The largest absolute Gasteiger partial charge is 0.507 e. The monoisotopic (exact) mass is 485 g/mol. The summed E-state index contributed by atoms with van der Waals surface area (Å²) in [7, 11) is 0. The highest BCUT2D eigenvalue weighted by molar-refractivity contribution is 7.80. The van der Waals surface area contributed by atoms with Gasteiger partial charge in [0.15, 0.2) is 10.7 Å². The Labute approximate surface area is 199 Å². The molecule has 0 unspecified atom stereocenters. The van der Waals surface area contributed by atoms with Gasteiger partial charge in [-0.05, 0) is 66.7 Å². The number of fused-ring (bicyclic) bond motifs is 1. The first-order chi connectivity index (χ1) is 15.3. The molecule has 0 saturated carbocycles. The fourth-order valence-electron chi connectivity index (χ4n) is 3.10. The number of rotatable bonds is 4. The lowest BCUT2D eigenvalue weighted by Gasteiger charge is -2.11. The Hall–Kier alpha value is -3.13. The number of oxazole rings is 1. The molecule has 1 heterocycles. The molecule has 0 fully saturated rings. The zero-order valence-electron chi connectivity index (χ0n) is 16.8. The molecular formula is C23H17Cl2N3O3S. The third-order valence-corrected chi connectivity index (χ3v) is 5.50. The molecule has 0 aliphatic heterocycles. The van der Waals surface area contributed by atoms with E-state index < -0.39 is 5.91 Å². The van der Waals surface area contributed by atoms with Crippen molar-refractivity contribution < 1.29 is 14.3 Å². The maximum atomic E-state index is 12.4. The normalized spacial score (nSPS) is 10.8. The van der Waals surface area contributed by atoms with E-state index in [0.717, 1.165) is 17.5 Å². The molecule has 3 N–H and O–H groups in total. The van der Waals surface area contributed by atoms with Crippen molar-refractivity contribution in [3.05, 3.63) is 75.8 Å². The number of aromatic hydroxyl groups is 1. The summed E-state index contributed by atoms with van der Waals surface area (Å²) in [5, 5.41) is 16.6. The number of thiocarbonyl (C=S) groups is 1. The van der Waals surface area contributed by atoms with Crippen LogP contribution in [0.5, 0.6) is 5.75 Å². The van der Waals surface area contributed by atoms with Gasteiger partial charge in [-0.15, -0.1) is 0 Å². The van der Waals surface area contributed by atoms with Crippen LogP contribution >= 0.6 is 35.4 Å². The SMILES string of the molecule is CCc1ccc2oc(-c3ccc(NC(=S)NC(=O)c4ccc(Cl)cc4Cl)cc3O)nc2c1. The standard InChI is InChI=1S/C23H17Cl2N3O3S/c1-2-12-3-8-20-18(9-12)27-22(31-20)16-7-5-14(11-19(16)29)26-23(32)28-21(30)15-6-4-13(24)10-17(15)25/h3-11,29H,2H2,1H3,(H2,26,28,30,32). The summed E-state index contributed by atoms with van der Waals surface area (Å²) >= 11 is 17.1. The number of anilines is 1. The van der Waals surface area contributed by atoms with Gasteiger partial charge in [0.2, 0.25) is 5.89 Å². The van der Waals surface area contributed by atoms with Crippen LogP contribution in [-0.4, -0.2) is 21.1 Å². The zero-order valence-corrected chi connectivity index (χ0v) is 19.1. The van der Waals surface area contributed by atoms with Crippen molar-refractivity contribution in [1.82, 2.24) is 10.3 Å². The number of carbonyl (C=O) groups excluding carboxylic acids is 1. The number of amides is 1. The van der Waals surface area contributed by atoms with Gasteiger partial charge in [0.25, 0.3) is 5.91 Å². The second-order valence-corrected chi connectivity index (χ2v) is 8.19. The molecule has 3 aromatic carbocycles. The summed E-state index contributed by atoms with van der Waals surface area (Å²) < 4.78 is 5.78. The summed E-state index contributed by atoms with van der Waals surface area (Å²) in [5.41, 5.74) is 3.67. The molecule has 1 aromatic heterocycles. The minimum atomic E-state index is -0.483. The minimum absolute atomic E-state index is 0.0436. The van der Waals surface area contributed by atoms with Gasteiger partial charge in [-0.2, -0.15) is 0 Å². The number of nitrogens with one attached hydrogen (secondary N) is 2. The van der Waals surface area contributed by atoms with Gasteiger partial charge >= 0.3 is 0 Å². The summed E-state index contributed by atoms with van der Waals surface area (Å²) in [5.74, 6) is -0.222. The highest BCUT2D eigenvalue weighted by atomic mass is 35.5. The van der Waals surface area contributed by atoms with Gasteiger partial charge in [0.05, 0.1) is 16.1 Å². The Kier molecular flexibility index (Phi) is 6.32. The van der Waals surface area contributed by atoms with E-state index in [-0.39, 0.29) is 21.4 Å². The van der Waals surface area contributed by atoms with E-state index in [1.807, 2.05) is 18.2 Å². The van der Waals surface area contributed by atoms with E-state index >= 15 is 0 Å². The molecule has 0 aliphatic rings. The van der Waals surface area contributed by atoms with Crippen LogP contribution in [0.1, 0.15) is 22.8 Å². The van der Waals surface area contributed by atoms with Crippen LogP contribution in [0.2, 0.25) is 10.0 Å². The van der Waals surface area contributed by atoms with E-state index in [2.05, 4.69) is 22.5 Å². The van der Waals surface area contributed by atoms with Crippen molar-refractivity contribution in [3.63, 3.8) is 0 Å². The molecule has 0 atom stereocenters. The average Bonchev–Trinajstić information content (AvgIpc) is 3.16. The smallest absolute Gasteiger partial charge is 0.258 e. The first kappa shape index (κ1) is 22.1. The van der Waals surface area contributed by atoms with Crippen molar-refractivity contribution in [1.29, 1.82) is 0 Å². The van der Waals surface area contributed by atoms with Crippen LogP contribution in [0.25, 0.3) is 22.6 Å². The van der Waals surface area contributed by atoms with Crippen LogP contribution < -0.4 is 10.6 Å². The second-order valence-electron chi connectivity index (χ2n) is 6.94. The number of phenolic OH excluding ortho intramolecular Hbond substituents is 1. The quantitative estimate of drug-likeness (QED) is 0.298. The Morgan fingerprint density at radius 2 is 1.94 bits per heavy atom. The number of aryl methyl sites for hydroxylation is 1. The Balaban J connectivity index is 1.48. The van der Waals surface area contributed by atoms with Crippen LogP contribution in [-0.2, 0) is 6.42 Å². The summed E-state index contributed by atoms with van der Waals surface area (Å²) in [4.78, 5) is 16.9. The highest BCUT2D eigenvalue weighted by Crippen LogP contribution is 2.33. The van der Waals surface area contributed by atoms with Gasteiger partial charge in [-0.1, -0.05) is 36.2 Å². The van der Waals surface area contributed by atoms with Gasteiger partial charge in [0, 0.05) is 16.8 Å². The van der Waals surface area contributed by atoms with Crippen LogP contribution in [0.4, 0.5) is 5.69 Å². The topological polar surface area (TPSA) is 87.4 Å². The fourth-order valence-corrected chi connectivity index (χ4v) is 3.81. The molecule has 6 nitrogen and oxygen atoms in total. The molecule has 4 aromatic rings. The molecule has 162 valence electrons. The van der Waals surface area contributed by atoms with E-state index in [1.165, 1.54) is 18.2 Å². The summed E-state index contributed by atoms with van der Waals surface area (Å²) in [6, 6.07) is 15.2. The number of nitrogens with zero attached hydrogens (tertiary/aromatic N) is 1. The van der Waals surface area contributed by atoms with Gasteiger partial charge < -0.3 is 14.8 Å². The molecule has 9 heteroatoms. The molecular weight excluding hydrogens is 469 g/mol. The molecule has 0 radical (unpaired) electrons. The first-order valence-corrected chi connectivity index (χ1v) is 10.8. The molecule has 32 heavy (non-hydrogen) atoms. The predicted molar refractivity (Wildman–Crippen MR) is 131 cm³/mol. The van der Waals surface area contributed by atoms with Gasteiger partial charge in [-0.3, -0.25) is 10.1 Å². The molecule has 1 amide bonds. The summed E-state index contributed by atoms with van der Waals surface area (Å²) in [6.45, 7) is 2.07. The lowest BCUT2D eigenvalue weighted by atomic mass is 10.1. The highest BCUT2D eigenvalue weighted by Gasteiger charge is 2.15. The van der Waals surface area contributed by atoms with Crippen molar-refractivity contribution in [2.75, 3.05) is 5.32 Å². The summed E-state index contributed by atoms with van der Waals surface area (Å²) in [6.07, 6.45) is 0.893. The molecule has 0 spiro atoms. The van der Waals surface area contributed by atoms with E-state index in [4.69, 9.17) is 39.8 Å². The number of phenols is 1. The van der Waals surface area contributed by atoms with Gasteiger partial charge in [0.1, 0.15) is 11.3 Å². The molecule has 0 bridgehead atoms. The number of aromatic nitrogens is 1. The maximum Gasteiger partial charge on any atom is 0.258 e. The van der Waals surface area contributed by atoms with Crippen molar-refractivity contribution in [2.45, 2.75) is 13.3 Å². The number of halogens is 2. The van der Waals surface area contributed by atoms with Crippen LogP contribution in [0, 0.1) is 0 Å². The molecule has 4 rings (SSSR count). The molecule has 0 aliphatic carbocycles. The van der Waals surface area contributed by atoms with E-state index in [9.17, 15) is 9.90 Å². The Bertz CT molecular complexity index is 1350. The van der Waals surface area contributed by atoms with E-state index in [0.29, 0.717) is 27.7 Å². The van der Waals surface area contributed by atoms with Crippen molar-refractivity contribution in [3.8, 4) is 17.2 Å². The minimum Gasteiger partial charge on any atom is -0.507 e. The average molecular weight is 486 g/mol. The van der Waals surface area contributed by atoms with Gasteiger partial charge in [-0.25, -0.2) is 4.98 Å². The number of hydrogen-bond acceptors (Lipinski definition) is 5. The lowest BCUT2D eigenvalue weighted by molar-refractivity contribution is 0.0978. The number of benzene rings is 3. The number of carbonyl (C=O) groups is 1. The fraction of sp³-hybridized carbons (Fsp3) is 0.0870. The Morgan fingerprint density at radius 3 is 2.66 bits per heavy atom.